The summed E-state index contributed by atoms with van der Waals surface area (Å²) < 4.78 is 41.5. The summed E-state index contributed by atoms with van der Waals surface area (Å²) >= 11 is 0. The second-order valence-corrected chi connectivity index (χ2v) is 12.1. The van der Waals surface area contributed by atoms with E-state index in [-0.39, 0.29) is 33.7 Å². The SMILES string of the molecule is CCOc1ccc2c(c1)n(C1CCCCC1)c(=O)n2S(=O)(=O)c1ccc(C(=O)NC(C)(C)C)cc1OC. The van der Waals surface area contributed by atoms with Gasteiger partial charge in [-0.15, -0.1) is 0 Å². The molecule has 0 bridgehead atoms. The van der Waals surface area contributed by atoms with Crippen LogP contribution >= 0.6 is 0 Å². The average Bonchev–Trinajstić information content (AvgIpc) is 3.15. The molecule has 0 aliphatic heterocycles. The number of methoxy groups -OCH3 is 1. The van der Waals surface area contributed by atoms with Crippen molar-refractivity contribution in [3.05, 3.63) is 52.4 Å². The van der Waals surface area contributed by atoms with Crippen molar-refractivity contribution < 1.29 is 22.7 Å². The molecular weight excluding hydrogens is 494 g/mol. The molecule has 0 spiro atoms. The predicted molar refractivity (Wildman–Crippen MR) is 142 cm³/mol. The van der Waals surface area contributed by atoms with Crippen molar-refractivity contribution in [2.75, 3.05) is 13.7 Å². The zero-order valence-electron chi connectivity index (χ0n) is 22.0. The van der Waals surface area contributed by atoms with Crippen molar-refractivity contribution in [3.63, 3.8) is 0 Å². The molecule has 0 atom stereocenters. The van der Waals surface area contributed by atoms with E-state index in [0.717, 1.165) is 36.1 Å². The van der Waals surface area contributed by atoms with Crippen molar-refractivity contribution in [2.24, 2.45) is 0 Å². The highest BCUT2D eigenvalue weighted by atomic mass is 32.2. The Morgan fingerprint density at radius 1 is 1.05 bits per heavy atom. The van der Waals surface area contributed by atoms with Crippen LogP contribution in [-0.4, -0.2) is 42.1 Å². The molecule has 1 aromatic heterocycles. The van der Waals surface area contributed by atoms with Crippen molar-refractivity contribution >= 4 is 27.0 Å². The number of benzene rings is 2. The maximum Gasteiger partial charge on any atom is 0.343 e. The molecule has 1 amide bonds. The first kappa shape index (κ1) is 26.8. The fourth-order valence-electron chi connectivity index (χ4n) is 4.89. The zero-order chi connectivity index (χ0) is 27.0. The minimum absolute atomic E-state index is 0.0158. The summed E-state index contributed by atoms with van der Waals surface area (Å²) in [6, 6.07) is 9.04. The molecule has 1 aliphatic rings. The van der Waals surface area contributed by atoms with E-state index in [9.17, 15) is 18.0 Å². The van der Waals surface area contributed by atoms with Gasteiger partial charge in [-0.1, -0.05) is 19.3 Å². The van der Waals surface area contributed by atoms with Crippen LogP contribution in [0.15, 0.2) is 46.1 Å². The molecule has 1 fully saturated rings. The van der Waals surface area contributed by atoms with Gasteiger partial charge < -0.3 is 14.8 Å². The lowest BCUT2D eigenvalue weighted by Crippen LogP contribution is -2.40. The van der Waals surface area contributed by atoms with Gasteiger partial charge in [0.25, 0.3) is 15.9 Å². The molecule has 37 heavy (non-hydrogen) atoms. The predicted octanol–water partition coefficient (Wildman–Crippen LogP) is 4.48. The Hall–Kier alpha value is -3.27. The molecule has 1 heterocycles. The first-order valence-corrected chi connectivity index (χ1v) is 14.1. The molecule has 4 rings (SSSR count). The van der Waals surface area contributed by atoms with Gasteiger partial charge in [-0.2, -0.15) is 3.97 Å². The van der Waals surface area contributed by atoms with Gasteiger partial charge in [0.05, 0.1) is 24.8 Å². The molecule has 3 aromatic rings. The molecule has 2 aromatic carbocycles. The van der Waals surface area contributed by atoms with E-state index in [1.165, 1.54) is 25.3 Å². The summed E-state index contributed by atoms with van der Waals surface area (Å²) in [4.78, 5) is 26.3. The summed E-state index contributed by atoms with van der Waals surface area (Å²) in [5.74, 6) is 0.197. The summed E-state index contributed by atoms with van der Waals surface area (Å²) in [6.45, 7) is 7.88. The Balaban J connectivity index is 1.89. The van der Waals surface area contributed by atoms with Crippen molar-refractivity contribution in [1.82, 2.24) is 13.9 Å². The van der Waals surface area contributed by atoms with Crippen LogP contribution in [0.25, 0.3) is 11.0 Å². The van der Waals surface area contributed by atoms with Gasteiger partial charge in [-0.05, 0) is 70.9 Å². The van der Waals surface area contributed by atoms with Gasteiger partial charge in [0.1, 0.15) is 16.4 Å². The highest BCUT2D eigenvalue weighted by Crippen LogP contribution is 2.34. The van der Waals surface area contributed by atoms with Crippen LogP contribution < -0.4 is 20.5 Å². The summed E-state index contributed by atoms with van der Waals surface area (Å²) in [5, 5.41) is 2.85. The molecule has 10 heteroatoms. The number of nitrogens with one attached hydrogen (secondary N) is 1. The van der Waals surface area contributed by atoms with Crippen LogP contribution in [-0.2, 0) is 10.0 Å². The Morgan fingerprint density at radius 2 is 1.76 bits per heavy atom. The molecule has 9 nitrogen and oxygen atoms in total. The lowest BCUT2D eigenvalue weighted by molar-refractivity contribution is 0.0919. The summed E-state index contributed by atoms with van der Waals surface area (Å²) in [5.41, 5.74) is -0.0395. The fourth-order valence-corrected chi connectivity index (χ4v) is 6.43. The summed E-state index contributed by atoms with van der Waals surface area (Å²) in [6.07, 6.45) is 4.66. The largest absolute Gasteiger partial charge is 0.495 e. The van der Waals surface area contributed by atoms with Crippen LogP contribution in [0.3, 0.4) is 0 Å². The molecule has 0 unspecified atom stereocenters. The van der Waals surface area contributed by atoms with Gasteiger partial charge >= 0.3 is 5.69 Å². The maximum atomic E-state index is 14.0. The topological polar surface area (TPSA) is 109 Å². The monoisotopic (exact) mass is 529 g/mol. The van der Waals surface area contributed by atoms with E-state index in [0.29, 0.717) is 17.9 Å². The quantitative estimate of drug-likeness (QED) is 0.483. The zero-order valence-corrected chi connectivity index (χ0v) is 22.9. The Morgan fingerprint density at radius 3 is 2.38 bits per heavy atom. The van der Waals surface area contributed by atoms with E-state index >= 15 is 0 Å². The number of hydrogen-bond acceptors (Lipinski definition) is 6. The number of carbonyl (C=O) groups is 1. The van der Waals surface area contributed by atoms with Gasteiger partial charge in [0, 0.05) is 23.2 Å². The first-order chi connectivity index (χ1) is 17.5. The van der Waals surface area contributed by atoms with Crippen LogP contribution in [0.1, 0.15) is 76.2 Å². The van der Waals surface area contributed by atoms with Crippen LogP contribution in [0, 0.1) is 0 Å². The van der Waals surface area contributed by atoms with E-state index in [4.69, 9.17) is 9.47 Å². The van der Waals surface area contributed by atoms with Gasteiger partial charge in [0.2, 0.25) is 0 Å². The first-order valence-electron chi connectivity index (χ1n) is 12.6. The van der Waals surface area contributed by atoms with Gasteiger partial charge in [-0.3, -0.25) is 9.36 Å². The standard InChI is InChI=1S/C27H35N3O6S/c1-6-36-20-13-14-21-22(17-20)29(19-10-8-7-9-11-19)26(32)30(21)37(33,34)24-15-12-18(16-23(24)35-5)25(31)28-27(2,3)4/h12-17,19H,6-11H2,1-5H3,(H,28,31). The van der Waals surface area contributed by atoms with Crippen molar-refractivity contribution in [3.8, 4) is 11.5 Å². The average molecular weight is 530 g/mol. The lowest BCUT2D eigenvalue weighted by Gasteiger charge is -2.23. The third-order valence-electron chi connectivity index (χ3n) is 6.49. The third kappa shape index (κ3) is 5.25. The molecule has 0 radical (unpaired) electrons. The van der Waals surface area contributed by atoms with Crippen molar-refractivity contribution in [1.29, 1.82) is 0 Å². The lowest BCUT2D eigenvalue weighted by atomic mass is 9.95. The number of carbonyl (C=O) groups excluding carboxylic acids is 1. The van der Waals surface area contributed by atoms with Crippen LogP contribution in [0.4, 0.5) is 0 Å². The molecule has 1 aliphatic carbocycles. The number of ether oxygens (including phenoxy) is 2. The second-order valence-electron chi connectivity index (χ2n) is 10.4. The van der Waals surface area contributed by atoms with E-state index in [1.54, 1.807) is 22.8 Å². The van der Waals surface area contributed by atoms with E-state index < -0.39 is 21.3 Å². The molecule has 1 N–H and O–H groups in total. The normalized spacial score (nSPS) is 15.1. The smallest absolute Gasteiger partial charge is 0.343 e. The number of amides is 1. The number of aromatic nitrogens is 2. The molecule has 1 saturated carbocycles. The van der Waals surface area contributed by atoms with Gasteiger partial charge in [-0.25, -0.2) is 13.2 Å². The summed E-state index contributed by atoms with van der Waals surface area (Å²) in [7, 11) is -3.04. The fraction of sp³-hybridized carbons (Fsp3) is 0.481. The minimum atomic E-state index is -4.37. The van der Waals surface area contributed by atoms with Crippen LogP contribution in [0.2, 0.25) is 0 Å². The van der Waals surface area contributed by atoms with Crippen LogP contribution in [0.5, 0.6) is 11.5 Å². The minimum Gasteiger partial charge on any atom is -0.495 e. The van der Waals surface area contributed by atoms with E-state index in [2.05, 4.69) is 5.32 Å². The molecule has 200 valence electrons. The number of rotatable bonds is 7. The third-order valence-corrected chi connectivity index (χ3v) is 8.22. The number of hydrogen-bond donors (Lipinski definition) is 1. The number of fused-ring (bicyclic) bond motifs is 1. The highest BCUT2D eigenvalue weighted by Gasteiger charge is 2.31. The Labute approximate surface area is 217 Å². The van der Waals surface area contributed by atoms with E-state index in [1.807, 2.05) is 27.7 Å². The number of imidazole rings is 1. The highest BCUT2D eigenvalue weighted by molar-refractivity contribution is 7.90. The van der Waals surface area contributed by atoms with Crippen molar-refractivity contribution in [2.45, 2.75) is 76.3 Å². The Kier molecular flexibility index (Phi) is 7.41. The Bertz CT molecular complexity index is 1470. The number of nitrogens with zero attached hydrogens (tertiary/aromatic N) is 2. The van der Waals surface area contributed by atoms with Gasteiger partial charge in [0.15, 0.2) is 0 Å². The maximum absolute atomic E-state index is 14.0. The molecule has 0 saturated heterocycles. The second kappa shape index (κ2) is 10.2. The molecular formula is C27H35N3O6S.